The van der Waals surface area contributed by atoms with Crippen LogP contribution in [0.25, 0.3) is 0 Å². The van der Waals surface area contributed by atoms with Crippen molar-refractivity contribution in [3.05, 3.63) is 0 Å². The smallest absolute Gasteiger partial charge is 0.0127 e. The Labute approximate surface area is 82.5 Å². The van der Waals surface area contributed by atoms with Gasteiger partial charge in [0.25, 0.3) is 0 Å². The first-order valence-corrected chi connectivity index (χ1v) is 5.52. The van der Waals surface area contributed by atoms with Gasteiger partial charge in [-0.15, -0.1) is 0 Å². The lowest BCUT2D eigenvalue weighted by Crippen LogP contribution is -2.44. The lowest BCUT2D eigenvalue weighted by atomic mass is 10.0. The van der Waals surface area contributed by atoms with E-state index >= 15 is 0 Å². The Morgan fingerprint density at radius 1 is 1.38 bits per heavy atom. The lowest BCUT2D eigenvalue weighted by molar-refractivity contribution is 0.115. The summed E-state index contributed by atoms with van der Waals surface area (Å²) in [6.07, 6.45) is 5.20. The van der Waals surface area contributed by atoms with Crippen molar-refractivity contribution < 1.29 is 0 Å². The largest absolute Gasteiger partial charge is 0.330 e. The molecule has 2 heteroatoms. The minimum Gasteiger partial charge on any atom is -0.330 e. The van der Waals surface area contributed by atoms with E-state index in [2.05, 4.69) is 25.7 Å². The Morgan fingerprint density at radius 2 is 2.08 bits per heavy atom. The van der Waals surface area contributed by atoms with Crippen LogP contribution >= 0.6 is 0 Å². The van der Waals surface area contributed by atoms with Crippen molar-refractivity contribution in [2.24, 2.45) is 5.73 Å². The van der Waals surface area contributed by atoms with Crippen LogP contribution in [0, 0.1) is 0 Å². The van der Waals surface area contributed by atoms with E-state index in [9.17, 15) is 0 Å². The van der Waals surface area contributed by atoms with Crippen LogP contribution in [0.15, 0.2) is 0 Å². The molecule has 0 radical (unpaired) electrons. The molecule has 1 fully saturated rings. The molecule has 2 nitrogen and oxygen atoms in total. The van der Waals surface area contributed by atoms with E-state index in [1.165, 1.54) is 32.2 Å². The SMILES string of the molecule is CC(C)(C)N1CCCC1CCCN. The van der Waals surface area contributed by atoms with Crippen LogP contribution < -0.4 is 5.73 Å². The molecule has 0 saturated carbocycles. The zero-order valence-electron chi connectivity index (χ0n) is 9.34. The highest BCUT2D eigenvalue weighted by molar-refractivity contribution is 4.87. The summed E-state index contributed by atoms with van der Waals surface area (Å²) in [5.74, 6) is 0. The molecule has 0 bridgehead atoms. The lowest BCUT2D eigenvalue weighted by Gasteiger charge is -2.37. The van der Waals surface area contributed by atoms with Gasteiger partial charge in [-0.1, -0.05) is 0 Å². The van der Waals surface area contributed by atoms with E-state index in [1.807, 2.05) is 0 Å². The molecule has 1 rings (SSSR count). The third-order valence-corrected chi connectivity index (χ3v) is 2.98. The Hall–Kier alpha value is -0.0800. The van der Waals surface area contributed by atoms with Crippen molar-refractivity contribution in [2.45, 2.75) is 58.0 Å². The van der Waals surface area contributed by atoms with E-state index in [0.717, 1.165) is 12.6 Å². The highest BCUT2D eigenvalue weighted by atomic mass is 15.2. The maximum Gasteiger partial charge on any atom is 0.0127 e. The van der Waals surface area contributed by atoms with Gasteiger partial charge in [0.05, 0.1) is 0 Å². The number of nitrogens with two attached hydrogens (primary N) is 1. The fourth-order valence-electron chi connectivity index (χ4n) is 2.37. The van der Waals surface area contributed by atoms with Crippen molar-refractivity contribution in [1.29, 1.82) is 0 Å². The van der Waals surface area contributed by atoms with Gasteiger partial charge in [-0.3, -0.25) is 4.90 Å². The van der Waals surface area contributed by atoms with Crippen molar-refractivity contribution in [2.75, 3.05) is 13.1 Å². The summed E-state index contributed by atoms with van der Waals surface area (Å²) < 4.78 is 0. The zero-order chi connectivity index (χ0) is 9.90. The molecule has 1 aliphatic rings. The quantitative estimate of drug-likeness (QED) is 0.727. The van der Waals surface area contributed by atoms with Crippen molar-refractivity contribution in [1.82, 2.24) is 4.90 Å². The summed E-state index contributed by atoms with van der Waals surface area (Å²) in [6, 6.07) is 0.795. The molecule has 1 heterocycles. The highest BCUT2D eigenvalue weighted by Crippen LogP contribution is 2.28. The molecule has 0 aromatic carbocycles. The van der Waals surface area contributed by atoms with E-state index in [1.54, 1.807) is 0 Å². The summed E-state index contributed by atoms with van der Waals surface area (Å²) in [5.41, 5.74) is 5.89. The topological polar surface area (TPSA) is 29.3 Å². The van der Waals surface area contributed by atoms with E-state index < -0.39 is 0 Å². The first-order valence-electron chi connectivity index (χ1n) is 5.52. The standard InChI is InChI=1S/C11H24N2/c1-11(2,3)13-9-5-7-10(13)6-4-8-12/h10H,4-9,12H2,1-3H3. The van der Waals surface area contributed by atoms with E-state index in [-0.39, 0.29) is 0 Å². The molecule has 0 aromatic rings. The Balaban J connectivity index is 2.44. The molecule has 1 atom stereocenters. The molecule has 2 N–H and O–H groups in total. The third kappa shape index (κ3) is 2.96. The molecule has 0 spiro atoms. The number of hydrogen-bond donors (Lipinski definition) is 1. The van der Waals surface area contributed by atoms with Crippen molar-refractivity contribution >= 4 is 0 Å². The van der Waals surface area contributed by atoms with Gasteiger partial charge in [-0.2, -0.15) is 0 Å². The molecule has 0 aliphatic carbocycles. The Morgan fingerprint density at radius 3 is 2.62 bits per heavy atom. The predicted molar refractivity (Wildman–Crippen MR) is 57.8 cm³/mol. The van der Waals surface area contributed by atoms with Crippen molar-refractivity contribution in [3.63, 3.8) is 0 Å². The van der Waals surface area contributed by atoms with E-state index in [4.69, 9.17) is 5.73 Å². The van der Waals surface area contributed by atoms with Gasteiger partial charge in [0, 0.05) is 11.6 Å². The molecule has 1 aliphatic heterocycles. The van der Waals surface area contributed by atoms with Gasteiger partial charge in [0.2, 0.25) is 0 Å². The molecule has 1 saturated heterocycles. The average molecular weight is 184 g/mol. The number of rotatable bonds is 3. The fourth-order valence-corrected chi connectivity index (χ4v) is 2.37. The minimum absolute atomic E-state index is 0.343. The van der Waals surface area contributed by atoms with Gasteiger partial charge in [-0.05, 0) is 59.5 Å². The molecule has 1 unspecified atom stereocenters. The maximum atomic E-state index is 5.54. The van der Waals surface area contributed by atoms with Gasteiger partial charge in [0.1, 0.15) is 0 Å². The predicted octanol–water partition coefficient (Wildman–Crippen LogP) is 1.99. The van der Waals surface area contributed by atoms with Crippen LogP contribution in [0.4, 0.5) is 0 Å². The summed E-state index contributed by atoms with van der Waals surface area (Å²) >= 11 is 0. The number of nitrogens with zero attached hydrogens (tertiary/aromatic N) is 1. The minimum atomic E-state index is 0.343. The molecule has 0 amide bonds. The second kappa shape index (κ2) is 4.43. The Kier molecular flexibility index (Phi) is 3.74. The van der Waals surface area contributed by atoms with Gasteiger partial charge >= 0.3 is 0 Å². The first-order chi connectivity index (χ1) is 6.05. The van der Waals surface area contributed by atoms with Crippen LogP contribution in [0.2, 0.25) is 0 Å². The average Bonchev–Trinajstić information content (AvgIpc) is 2.47. The number of hydrogen-bond acceptors (Lipinski definition) is 2. The summed E-state index contributed by atoms with van der Waals surface area (Å²) in [7, 11) is 0. The summed E-state index contributed by atoms with van der Waals surface area (Å²) in [6.45, 7) is 9.06. The third-order valence-electron chi connectivity index (χ3n) is 2.98. The molecular formula is C11H24N2. The van der Waals surface area contributed by atoms with Gasteiger partial charge in [-0.25, -0.2) is 0 Å². The van der Waals surface area contributed by atoms with Crippen LogP contribution in [0.1, 0.15) is 46.5 Å². The van der Waals surface area contributed by atoms with Gasteiger partial charge in [0.15, 0.2) is 0 Å². The second-order valence-corrected chi connectivity index (χ2v) is 5.09. The van der Waals surface area contributed by atoms with E-state index in [0.29, 0.717) is 5.54 Å². The van der Waals surface area contributed by atoms with Crippen LogP contribution in [-0.4, -0.2) is 29.6 Å². The van der Waals surface area contributed by atoms with Crippen LogP contribution in [-0.2, 0) is 0 Å². The molecular weight excluding hydrogens is 160 g/mol. The molecule has 78 valence electrons. The van der Waals surface area contributed by atoms with Crippen LogP contribution in [0.5, 0.6) is 0 Å². The van der Waals surface area contributed by atoms with Gasteiger partial charge < -0.3 is 5.73 Å². The maximum absolute atomic E-state index is 5.54. The molecule has 13 heavy (non-hydrogen) atoms. The highest BCUT2D eigenvalue weighted by Gasteiger charge is 2.31. The summed E-state index contributed by atoms with van der Waals surface area (Å²) in [4.78, 5) is 2.64. The molecule has 0 aromatic heterocycles. The van der Waals surface area contributed by atoms with Crippen LogP contribution in [0.3, 0.4) is 0 Å². The normalized spacial score (nSPS) is 25.4. The Bertz CT molecular complexity index is 149. The summed E-state index contributed by atoms with van der Waals surface area (Å²) in [5, 5.41) is 0. The monoisotopic (exact) mass is 184 g/mol. The fraction of sp³-hybridized carbons (Fsp3) is 1.00. The number of likely N-dealkylation sites (tertiary alicyclic amines) is 1. The zero-order valence-corrected chi connectivity index (χ0v) is 9.34. The van der Waals surface area contributed by atoms with Crippen molar-refractivity contribution in [3.8, 4) is 0 Å². The second-order valence-electron chi connectivity index (χ2n) is 5.09. The first kappa shape index (κ1) is 11.0.